The number of hydrogen-bond donors (Lipinski definition) is 4. The van der Waals surface area contributed by atoms with Gasteiger partial charge in [0, 0.05) is 0 Å². The molecule has 0 heterocycles. The number of aliphatic imine (C=N–C) groups is 2. The first-order valence-electron chi connectivity index (χ1n) is 5.15. The van der Waals surface area contributed by atoms with Crippen molar-refractivity contribution in [2.45, 2.75) is 6.36 Å². The third-order valence-electron chi connectivity index (χ3n) is 1.91. The fraction of sp³-hybridized carbons (Fsp3) is 0.100. The van der Waals surface area contributed by atoms with Crippen LogP contribution >= 0.6 is 0 Å². The van der Waals surface area contributed by atoms with Crippen LogP contribution in [0.3, 0.4) is 0 Å². The van der Waals surface area contributed by atoms with Gasteiger partial charge in [-0.05, 0) is 18.2 Å². The van der Waals surface area contributed by atoms with Gasteiger partial charge in [-0.15, -0.1) is 13.2 Å². The second-order valence-electron chi connectivity index (χ2n) is 3.54. The Bertz CT molecular complexity index is 608. The summed E-state index contributed by atoms with van der Waals surface area (Å²) in [5.41, 5.74) is 14.6. The van der Waals surface area contributed by atoms with Crippen molar-refractivity contribution in [3.63, 3.8) is 0 Å². The molecule has 1 rings (SSSR count). The van der Waals surface area contributed by atoms with Gasteiger partial charge in [0.05, 0.1) is 11.3 Å². The molecule has 0 aliphatic rings. The van der Waals surface area contributed by atoms with Gasteiger partial charge in [0.2, 0.25) is 5.96 Å². The van der Waals surface area contributed by atoms with Crippen LogP contribution in [-0.2, 0) is 0 Å². The van der Waals surface area contributed by atoms with Crippen molar-refractivity contribution in [2.75, 3.05) is 0 Å². The van der Waals surface area contributed by atoms with Crippen molar-refractivity contribution in [2.24, 2.45) is 27.2 Å². The summed E-state index contributed by atoms with van der Waals surface area (Å²) in [5, 5.41) is 8.95. The Morgan fingerprint density at radius 3 is 2.33 bits per heavy atom. The molecule has 1 aromatic rings. The summed E-state index contributed by atoms with van der Waals surface area (Å²) in [7, 11) is 0. The third kappa shape index (κ3) is 5.26. The molecule has 0 aliphatic carbocycles. The van der Waals surface area contributed by atoms with E-state index in [4.69, 9.17) is 22.3 Å². The molecule has 0 amide bonds. The quantitative estimate of drug-likeness (QED) is 0.472. The van der Waals surface area contributed by atoms with Crippen molar-refractivity contribution >= 4 is 23.6 Å². The Labute approximate surface area is 115 Å². The smallest absolute Gasteiger partial charge is 0.478 e. The number of ether oxygens (including phenoxy) is 1. The predicted octanol–water partition coefficient (Wildman–Crippen LogP) is 0.503. The van der Waals surface area contributed by atoms with Crippen LogP contribution in [0.4, 0.5) is 18.9 Å². The molecule has 0 saturated carbocycles. The van der Waals surface area contributed by atoms with Crippen LogP contribution in [0.1, 0.15) is 10.4 Å². The van der Waals surface area contributed by atoms with Gasteiger partial charge in [0.25, 0.3) is 0 Å². The van der Waals surface area contributed by atoms with Gasteiger partial charge in [-0.3, -0.25) is 0 Å². The molecular weight excluding hydrogens is 295 g/mol. The summed E-state index contributed by atoms with van der Waals surface area (Å²) in [4.78, 5) is 17.9. The number of benzene rings is 1. The van der Waals surface area contributed by atoms with Gasteiger partial charge in [-0.25, -0.2) is 9.79 Å². The summed E-state index contributed by atoms with van der Waals surface area (Å²) < 4.78 is 39.8. The fourth-order valence-electron chi connectivity index (χ4n) is 1.26. The van der Waals surface area contributed by atoms with Crippen molar-refractivity contribution in [3.8, 4) is 5.75 Å². The lowest BCUT2D eigenvalue weighted by Gasteiger charge is -2.10. The molecule has 11 heteroatoms. The van der Waals surface area contributed by atoms with Crippen molar-refractivity contribution in [3.05, 3.63) is 23.8 Å². The first-order valence-corrected chi connectivity index (χ1v) is 5.15. The molecule has 7 N–H and O–H groups in total. The number of halogens is 3. The van der Waals surface area contributed by atoms with Crippen LogP contribution in [0.2, 0.25) is 0 Å². The number of hydrogen-bond acceptors (Lipinski definition) is 3. The average molecular weight is 305 g/mol. The maximum absolute atomic E-state index is 12.1. The molecule has 114 valence electrons. The molecule has 0 saturated heterocycles. The molecule has 0 fully saturated rings. The molecule has 21 heavy (non-hydrogen) atoms. The van der Waals surface area contributed by atoms with E-state index in [0.717, 1.165) is 12.1 Å². The lowest BCUT2D eigenvalue weighted by atomic mass is 10.1. The molecule has 0 unspecified atom stereocenters. The Kier molecular flexibility index (Phi) is 4.58. The van der Waals surface area contributed by atoms with Crippen LogP contribution in [0.25, 0.3) is 0 Å². The summed E-state index contributed by atoms with van der Waals surface area (Å²) in [6.45, 7) is 0. The van der Waals surface area contributed by atoms with Crippen molar-refractivity contribution in [1.82, 2.24) is 0 Å². The Balaban J connectivity index is 3.23. The van der Waals surface area contributed by atoms with Crippen molar-refractivity contribution < 1.29 is 27.8 Å². The molecule has 1 aromatic carbocycles. The van der Waals surface area contributed by atoms with Gasteiger partial charge in [0.1, 0.15) is 5.75 Å². The third-order valence-corrected chi connectivity index (χ3v) is 1.91. The van der Waals surface area contributed by atoms with E-state index in [0.29, 0.717) is 6.07 Å². The predicted molar refractivity (Wildman–Crippen MR) is 67.2 cm³/mol. The maximum Gasteiger partial charge on any atom is 0.573 e. The number of nitrogens with zero attached hydrogens (tertiary/aromatic N) is 2. The van der Waals surface area contributed by atoms with Crippen LogP contribution < -0.4 is 21.9 Å². The van der Waals surface area contributed by atoms with Gasteiger partial charge >= 0.3 is 12.3 Å². The second kappa shape index (κ2) is 5.98. The number of rotatable bonds is 3. The molecule has 0 bridgehead atoms. The maximum atomic E-state index is 12.1. The summed E-state index contributed by atoms with van der Waals surface area (Å²) in [6.07, 6.45) is -4.95. The number of carboxylic acid groups (broad SMARTS) is 1. The number of alkyl halides is 3. The number of aromatic carboxylic acids is 1. The van der Waals surface area contributed by atoms with Gasteiger partial charge in [0.15, 0.2) is 5.96 Å². The van der Waals surface area contributed by atoms with Crippen LogP contribution in [0.15, 0.2) is 28.2 Å². The number of carboxylic acids is 1. The molecule has 0 radical (unpaired) electrons. The second-order valence-corrected chi connectivity index (χ2v) is 3.54. The number of nitrogens with two attached hydrogens (primary N) is 3. The first-order chi connectivity index (χ1) is 9.58. The minimum atomic E-state index is -4.95. The fourth-order valence-corrected chi connectivity index (χ4v) is 1.26. The first kappa shape index (κ1) is 16.1. The molecule has 0 aliphatic heterocycles. The zero-order valence-electron chi connectivity index (χ0n) is 10.3. The Morgan fingerprint density at radius 1 is 1.24 bits per heavy atom. The highest BCUT2D eigenvalue weighted by atomic mass is 19.4. The molecule has 0 aromatic heterocycles. The van der Waals surface area contributed by atoms with E-state index in [1.165, 1.54) is 0 Å². The number of guanidine groups is 2. The Morgan fingerprint density at radius 2 is 1.86 bits per heavy atom. The minimum Gasteiger partial charge on any atom is -0.478 e. The van der Waals surface area contributed by atoms with E-state index < -0.39 is 35.6 Å². The number of carbonyl (C=O) groups is 1. The van der Waals surface area contributed by atoms with Gasteiger partial charge in [-0.1, -0.05) is 0 Å². The normalized spacial score (nSPS) is 11.9. The Hall–Kier alpha value is -2.98. The van der Waals surface area contributed by atoms with E-state index >= 15 is 0 Å². The zero-order chi connectivity index (χ0) is 16.2. The standard InChI is InChI=1S/C10H10F3N5O3/c11-10(12,13)21-4-1-2-6(5(3-4)7(19)20)17-9(16)18-8(14)15/h1-3H,(H,19,20)(H6,14,15,16,17,18). The highest BCUT2D eigenvalue weighted by Gasteiger charge is 2.31. The lowest BCUT2D eigenvalue weighted by Crippen LogP contribution is -2.26. The highest BCUT2D eigenvalue weighted by molar-refractivity contribution is 5.98. The van der Waals surface area contributed by atoms with E-state index in [9.17, 15) is 18.0 Å². The van der Waals surface area contributed by atoms with Gasteiger partial charge < -0.3 is 27.0 Å². The topological polar surface area (TPSA) is 149 Å². The van der Waals surface area contributed by atoms with E-state index in [1.807, 2.05) is 0 Å². The molecular formula is C10H10F3N5O3. The van der Waals surface area contributed by atoms with E-state index in [1.54, 1.807) is 0 Å². The summed E-state index contributed by atoms with van der Waals surface area (Å²) in [5.74, 6) is -3.11. The molecule has 8 nitrogen and oxygen atoms in total. The lowest BCUT2D eigenvalue weighted by molar-refractivity contribution is -0.274. The molecule has 0 spiro atoms. The summed E-state index contributed by atoms with van der Waals surface area (Å²) in [6, 6.07) is 2.50. The van der Waals surface area contributed by atoms with Crippen LogP contribution in [0.5, 0.6) is 5.75 Å². The summed E-state index contributed by atoms with van der Waals surface area (Å²) >= 11 is 0. The van der Waals surface area contributed by atoms with E-state index in [-0.39, 0.29) is 5.69 Å². The average Bonchev–Trinajstić information content (AvgIpc) is 2.27. The van der Waals surface area contributed by atoms with Crippen molar-refractivity contribution in [1.29, 1.82) is 0 Å². The van der Waals surface area contributed by atoms with Crippen LogP contribution in [0, 0.1) is 0 Å². The largest absolute Gasteiger partial charge is 0.573 e. The van der Waals surface area contributed by atoms with E-state index in [2.05, 4.69) is 14.7 Å². The zero-order valence-corrected chi connectivity index (χ0v) is 10.3. The van der Waals surface area contributed by atoms with Gasteiger partial charge in [-0.2, -0.15) is 4.99 Å². The van der Waals surface area contributed by atoms with Crippen LogP contribution in [-0.4, -0.2) is 29.4 Å². The monoisotopic (exact) mass is 305 g/mol. The SMILES string of the molecule is NC(N)=NC(N)=Nc1ccc(OC(F)(F)F)cc1C(=O)O. The minimum absolute atomic E-state index is 0.237. The molecule has 0 atom stereocenters. The highest BCUT2D eigenvalue weighted by Crippen LogP contribution is 2.28.